The summed E-state index contributed by atoms with van der Waals surface area (Å²) in [6.45, 7) is 0.396. The van der Waals surface area contributed by atoms with E-state index in [0.717, 1.165) is 17.3 Å². The summed E-state index contributed by atoms with van der Waals surface area (Å²) >= 11 is 0.957. The van der Waals surface area contributed by atoms with Crippen molar-refractivity contribution >= 4 is 38.6 Å². The summed E-state index contributed by atoms with van der Waals surface area (Å²) in [6, 6.07) is 12.4. The van der Waals surface area contributed by atoms with Gasteiger partial charge in [-0.2, -0.15) is 13.8 Å². The van der Waals surface area contributed by atoms with Crippen molar-refractivity contribution < 1.29 is 12.8 Å². The number of nitrogens with one attached hydrogen (secondary N) is 1. The molecule has 0 unspecified atom stereocenters. The van der Waals surface area contributed by atoms with Crippen LogP contribution in [0.2, 0.25) is 0 Å². The first-order valence-electron chi connectivity index (χ1n) is 7.53. The molecule has 4 aromatic rings. The van der Waals surface area contributed by atoms with Gasteiger partial charge in [-0.05, 0) is 29.8 Å². The Labute approximate surface area is 152 Å². The van der Waals surface area contributed by atoms with Gasteiger partial charge >= 0.3 is 0 Å². The topological polar surface area (TPSA) is 89.8 Å². The van der Waals surface area contributed by atoms with Gasteiger partial charge < -0.3 is 0 Å². The number of hydrogen-bond acceptors (Lipinski definition) is 6. The van der Waals surface area contributed by atoms with Crippen molar-refractivity contribution in [2.45, 2.75) is 11.4 Å². The Hall–Kier alpha value is -2.85. The van der Waals surface area contributed by atoms with Crippen molar-refractivity contribution in [3.05, 3.63) is 66.1 Å². The minimum absolute atomic E-state index is 0.0526. The van der Waals surface area contributed by atoms with Crippen molar-refractivity contribution in [3.8, 4) is 0 Å². The van der Waals surface area contributed by atoms with Crippen LogP contribution < -0.4 is 4.72 Å². The highest BCUT2D eigenvalue weighted by atomic mass is 32.2. The lowest BCUT2D eigenvalue weighted by Crippen LogP contribution is -2.14. The molecule has 1 N–H and O–H groups in total. The van der Waals surface area contributed by atoms with Gasteiger partial charge in [0.1, 0.15) is 21.7 Å². The van der Waals surface area contributed by atoms with E-state index in [0.29, 0.717) is 17.6 Å². The summed E-state index contributed by atoms with van der Waals surface area (Å²) in [5, 5.41) is 4.21. The zero-order valence-corrected chi connectivity index (χ0v) is 14.8. The predicted octanol–water partition coefficient (Wildman–Crippen LogP) is 2.88. The van der Waals surface area contributed by atoms with Crippen LogP contribution in [0.15, 0.2) is 59.6 Å². The standard InChI is InChI=1S/C16H12FN5O2S2/c17-12-6-4-11(5-7-12)10-22-9-8-15(18-22)21-26(23,24)14-3-1-2-13-16(14)20-25-19-13/h1-9H,10H2,(H,18,21). The fraction of sp³-hybridized carbons (Fsp3) is 0.0625. The van der Waals surface area contributed by atoms with Crippen LogP contribution in [0, 0.1) is 5.82 Å². The average molecular weight is 389 g/mol. The van der Waals surface area contributed by atoms with E-state index >= 15 is 0 Å². The van der Waals surface area contributed by atoms with Gasteiger partial charge in [-0.25, -0.2) is 12.8 Å². The molecule has 0 aliphatic carbocycles. The van der Waals surface area contributed by atoms with E-state index in [1.165, 1.54) is 18.2 Å². The summed E-state index contributed by atoms with van der Waals surface area (Å²) in [6.07, 6.45) is 1.65. The normalized spacial score (nSPS) is 11.7. The van der Waals surface area contributed by atoms with E-state index in [-0.39, 0.29) is 16.5 Å². The van der Waals surface area contributed by atoms with E-state index in [9.17, 15) is 12.8 Å². The fourth-order valence-electron chi connectivity index (χ4n) is 2.47. The molecule has 0 bridgehead atoms. The van der Waals surface area contributed by atoms with Crippen LogP contribution in [0.3, 0.4) is 0 Å². The molecule has 2 aromatic carbocycles. The van der Waals surface area contributed by atoms with Gasteiger partial charge in [0.25, 0.3) is 10.0 Å². The van der Waals surface area contributed by atoms with Crippen molar-refractivity contribution in [1.29, 1.82) is 0 Å². The molecule has 0 atom stereocenters. The molecule has 0 saturated heterocycles. The third-order valence-corrected chi connectivity index (χ3v) is 5.60. The van der Waals surface area contributed by atoms with Gasteiger partial charge in [-0.1, -0.05) is 18.2 Å². The lowest BCUT2D eigenvalue weighted by Gasteiger charge is -2.06. The van der Waals surface area contributed by atoms with Crippen LogP contribution in [0.25, 0.3) is 11.0 Å². The number of sulfonamides is 1. The smallest absolute Gasteiger partial charge is 0.265 e. The maximum absolute atomic E-state index is 13.0. The SMILES string of the molecule is O=S(=O)(Nc1ccn(Cc2ccc(F)cc2)n1)c1cccc2nsnc12. The predicted molar refractivity (Wildman–Crippen MR) is 96.0 cm³/mol. The van der Waals surface area contributed by atoms with Gasteiger partial charge in [0.2, 0.25) is 0 Å². The third-order valence-electron chi connectivity index (χ3n) is 3.68. The molecule has 0 radical (unpaired) electrons. The van der Waals surface area contributed by atoms with Crippen LogP contribution in [-0.2, 0) is 16.6 Å². The van der Waals surface area contributed by atoms with E-state index in [1.54, 1.807) is 41.2 Å². The molecule has 4 rings (SSSR count). The Morgan fingerprint density at radius 1 is 1.08 bits per heavy atom. The van der Waals surface area contributed by atoms with Gasteiger partial charge in [0, 0.05) is 12.3 Å². The van der Waals surface area contributed by atoms with E-state index in [2.05, 4.69) is 18.6 Å². The van der Waals surface area contributed by atoms with Crippen molar-refractivity contribution in [1.82, 2.24) is 18.5 Å². The zero-order valence-electron chi connectivity index (χ0n) is 13.2. The molecule has 0 fully saturated rings. The first-order chi connectivity index (χ1) is 12.5. The van der Waals surface area contributed by atoms with Crippen LogP contribution >= 0.6 is 11.7 Å². The van der Waals surface area contributed by atoms with Crippen LogP contribution in [0.5, 0.6) is 0 Å². The Bertz CT molecular complexity index is 1170. The number of benzene rings is 2. The number of fused-ring (bicyclic) bond motifs is 1. The van der Waals surface area contributed by atoms with Gasteiger partial charge in [0.05, 0.1) is 18.3 Å². The second-order valence-corrected chi connectivity index (χ2v) is 7.70. The molecular formula is C16H12FN5O2S2. The second-order valence-electron chi connectivity index (χ2n) is 5.52. The highest BCUT2D eigenvalue weighted by Crippen LogP contribution is 2.23. The minimum atomic E-state index is -3.85. The molecule has 0 spiro atoms. The lowest BCUT2D eigenvalue weighted by atomic mass is 10.2. The summed E-state index contributed by atoms with van der Waals surface area (Å²) in [5.41, 5.74) is 1.71. The molecule has 0 saturated carbocycles. The largest absolute Gasteiger partial charge is 0.266 e. The molecule has 0 amide bonds. The molecule has 0 aliphatic heterocycles. The highest BCUT2D eigenvalue weighted by Gasteiger charge is 2.20. The second kappa shape index (κ2) is 6.46. The van der Waals surface area contributed by atoms with Gasteiger partial charge in [-0.15, -0.1) is 0 Å². The minimum Gasteiger partial charge on any atom is -0.266 e. The summed E-state index contributed by atoms with van der Waals surface area (Å²) in [7, 11) is -3.85. The highest BCUT2D eigenvalue weighted by molar-refractivity contribution is 7.93. The van der Waals surface area contributed by atoms with Crippen molar-refractivity contribution in [2.75, 3.05) is 4.72 Å². The quantitative estimate of drug-likeness (QED) is 0.567. The van der Waals surface area contributed by atoms with Gasteiger partial charge in [-0.3, -0.25) is 9.40 Å². The zero-order chi connectivity index (χ0) is 18.1. The van der Waals surface area contributed by atoms with Crippen LogP contribution in [-0.4, -0.2) is 26.9 Å². The Balaban J connectivity index is 1.56. The molecule has 10 heteroatoms. The van der Waals surface area contributed by atoms with Gasteiger partial charge in [0.15, 0.2) is 5.82 Å². The monoisotopic (exact) mass is 389 g/mol. The lowest BCUT2D eigenvalue weighted by molar-refractivity contribution is 0.601. The van der Waals surface area contributed by atoms with Crippen molar-refractivity contribution in [3.63, 3.8) is 0 Å². The van der Waals surface area contributed by atoms with Crippen LogP contribution in [0.4, 0.5) is 10.2 Å². The van der Waals surface area contributed by atoms with E-state index < -0.39 is 10.0 Å². The molecule has 0 aliphatic rings. The van der Waals surface area contributed by atoms with Crippen LogP contribution in [0.1, 0.15) is 5.56 Å². The van der Waals surface area contributed by atoms with E-state index in [4.69, 9.17) is 0 Å². The van der Waals surface area contributed by atoms with E-state index in [1.807, 2.05) is 0 Å². The molecule has 2 heterocycles. The number of rotatable bonds is 5. The third kappa shape index (κ3) is 3.28. The first-order valence-corrected chi connectivity index (χ1v) is 9.75. The molecule has 7 nitrogen and oxygen atoms in total. The Morgan fingerprint density at radius 3 is 2.69 bits per heavy atom. The number of hydrogen-bond donors (Lipinski definition) is 1. The molecular weight excluding hydrogens is 377 g/mol. The number of aromatic nitrogens is 4. The number of nitrogens with zero attached hydrogens (tertiary/aromatic N) is 4. The Kier molecular flexibility index (Phi) is 4.13. The summed E-state index contributed by atoms with van der Waals surface area (Å²) in [4.78, 5) is 0.0526. The molecule has 2 aromatic heterocycles. The summed E-state index contributed by atoms with van der Waals surface area (Å²) < 4.78 is 50.4. The maximum atomic E-state index is 13.0. The summed E-state index contributed by atoms with van der Waals surface area (Å²) in [5.74, 6) is -0.124. The molecule has 26 heavy (non-hydrogen) atoms. The molecule has 132 valence electrons. The Morgan fingerprint density at radius 2 is 1.88 bits per heavy atom. The number of anilines is 1. The fourth-order valence-corrected chi connectivity index (χ4v) is 4.24. The maximum Gasteiger partial charge on any atom is 0.265 e. The van der Waals surface area contributed by atoms with Crippen molar-refractivity contribution in [2.24, 2.45) is 0 Å². The first kappa shape index (κ1) is 16.6. The average Bonchev–Trinajstić information content (AvgIpc) is 3.25. The number of halogens is 1.